The number of amides is 1. The fourth-order valence-electron chi connectivity index (χ4n) is 2.01. The molecule has 1 aromatic rings. The van der Waals surface area contributed by atoms with E-state index in [9.17, 15) is 4.79 Å². The van der Waals surface area contributed by atoms with E-state index in [1.54, 1.807) is 6.92 Å². The van der Waals surface area contributed by atoms with E-state index in [1.807, 2.05) is 39.0 Å². The largest absolute Gasteiger partial charge is 0.481 e. The predicted octanol–water partition coefficient (Wildman–Crippen LogP) is 2.62. The minimum absolute atomic E-state index is 0.0935. The Morgan fingerprint density at radius 1 is 1.38 bits per heavy atom. The van der Waals surface area contributed by atoms with Crippen LogP contribution in [0.25, 0.3) is 0 Å². The van der Waals surface area contributed by atoms with Gasteiger partial charge in [0.2, 0.25) is 0 Å². The summed E-state index contributed by atoms with van der Waals surface area (Å²) in [5.74, 6) is 0.644. The van der Waals surface area contributed by atoms with Crippen LogP contribution in [0.5, 0.6) is 5.75 Å². The molecule has 1 amide bonds. The first kappa shape index (κ1) is 15.8. The number of ether oxygens (including phenoxy) is 1. The summed E-state index contributed by atoms with van der Waals surface area (Å²) in [6, 6.07) is 8.61. The summed E-state index contributed by atoms with van der Waals surface area (Å²) in [5.41, 5.74) is 0.938. The molecule has 21 heavy (non-hydrogen) atoms. The quantitative estimate of drug-likeness (QED) is 0.847. The van der Waals surface area contributed by atoms with Crippen molar-refractivity contribution >= 4 is 5.91 Å². The van der Waals surface area contributed by atoms with Gasteiger partial charge in [0.1, 0.15) is 5.75 Å². The molecule has 2 rings (SSSR count). The summed E-state index contributed by atoms with van der Waals surface area (Å²) >= 11 is 0. The van der Waals surface area contributed by atoms with Crippen molar-refractivity contribution in [2.24, 2.45) is 0 Å². The minimum atomic E-state index is -0.504. The Morgan fingerprint density at radius 3 is 2.71 bits per heavy atom. The summed E-state index contributed by atoms with van der Waals surface area (Å²) in [6.45, 7) is 8.51. The fourth-order valence-corrected chi connectivity index (χ4v) is 2.01. The number of benzene rings is 1. The molecule has 1 aromatic carbocycles. The van der Waals surface area contributed by atoms with Crippen LogP contribution in [0, 0.1) is 0 Å². The van der Waals surface area contributed by atoms with Crippen molar-refractivity contribution in [1.82, 2.24) is 10.6 Å². The normalized spacial score (nSPS) is 16.4. The van der Waals surface area contributed by atoms with E-state index in [-0.39, 0.29) is 11.4 Å². The van der Waals surface area contributed by atoms with E-state index in [0.717, 1.165) is 12.3 Å². The lowest BCUT2D eigenvalue weighted by molar-refractivity contribution is -0.128. The van der Waals surface area contributed by atoms with Crippen LogP contribution in [-0.2, 0) is 11.3 Å². The maximum atomic E-state index is 12.0. The van der Waals surface area contributed by atoms with E-state index in [4.69, 9.17) is 4.74 Å². The van der Waals surface area contributed by atoms with Crippen LogP contribution >= 0.6 is 0 Å². The molecule has 2 N–H and O–H groups in total. The molecule has 1 aliphatic rings. The molecule has 0 bridgehead atoms. The smallest absolute Gasteiger partial charge is 0.261 e. The fraction of sp³-hybridized carbons (Fsp3) is 0.588. The highest BCUT2D eigenvalue weighted by molar-refractivity contribution is 5.81. The van der Waals surface area contributed by atoms with Gasteiger partial charge in [0.05, 0.1) is 0 Å². The number of nitrogens with one attached hydrogen (secondary N) is 2. The molecular formula is C17H26N2O2. The van der Waals surface area contributed by atoms with Gasteiger partial charge < -0.3 is 15.4 Å². The SMILES string of the molecule is CC(Oc1cccc(CNC2CC2)c1)C(=O)NC(C)(C)C. The monoisotopic (exact) mass is 290 g/mol. The summed E-state index contributed by atoms with van der Waals surface area (Å²) in [6.07, 6.45) is 2.05. The first-order chi connectivity index (χ1) is 9.83. The number of hydrogen-bond donors (Lipinski definition) is 2. The standard InChI is InChI=1S/C17H26N2O2/c1-12(16(20)19-17(2,3)4)21-15-7-5-6-13(10-15)11-18-14-8-9-14/h5-7,10,12,14,18H,8-9,11H2,1-4H3,(H,19,20). The molecule has 1 atom stereocenters. The van der Waals surface area contributed by atoms with Gasteiger partial charge in [0.25, 0.3) is 5.91 Å². The third-order valence-electron chi connectivity index (χ3n) is 3.25. The van der Waals surface area contributed by atoms with E-state index in [1.165, 1.54) is 18.4 Å². The van der Waals surface area contributed by atoms with Gasteiger partial charge in [-0.05, 0) is 58.2 Å². The van der Waals surface area contributed by atoms with Crippen molar-refractivity contribution in [3.8, 4) is 5.75 Å². The molecular weight excluding hydrogens is 264 g/mol. The lowest BCUT2D eigenvalue weighted by atomic mass is 10.1. The van der Waals surface area contributed by atoms with Crippen molar-refractivity contribution in [3.05, 3.63) is 29.8 Å². The van der Waals surface area contributed by atoms with Crippen LogP contribution in [0.2, 0.25) is 0 Å². The van der Waals surface area contributed by atoms with Crippen LogP contribution < -0.4 is 15.4 Å². The van der Waals surface area contributed by atoms with Crippen LogP contribution in [0.4, 0.5) is 0 Å². The Morgan fingerprint density at radius 2 is 2.10 bits per heavy atom. The lowest BCUT2D eigenvalue weighted by Gasteiger charge is -2.23. The average Bonchev–Trinajstić information content (AvgIpc) is 3.18. The second-order valence-corrected chi connectivity index (χ2v) is 6.80. The van der Waals surface area contributed by atoms with Crippen LogP contribution in [0.15, 0.2) is 24.3 Å². The second kappa shape index (κ2) is 6.48. The Kier molecular flexibility index (Phi) is 4.88. The molecule has 1 fully saturated rings. The Labute approximate surface area is 127 Å². The number of carbonyl (C=O) groups is 1. The third-order valence-corrected chi connectivity index (χ3v) is 3.25. The van der Waals surface area contributed by atoms with Gasteiger partial charge in [-0.3, -0.25) is 4.79 Å². The van der Waals surface area contributed by atoms with Crippen molar-refractivity contribution in [3.63, 3.8) is 0 Å². The summed E-state index contributed by atoms with van der Waals surface area (Å²) in [5, 5.41) is 6.40. The zero-order valence-corrected chi connectivity index (χ0v) is 13.4. The lowest BCUT2D eigenvalue weighted by Crippen LogP contribution is -2.46. The van der Waals surface area contributed by atoms with Crippen LogP contribution in [0.3, 0.4) is 0 Å². The Balaban J connectivity index is 1.88. The van der Waals surface area contributed by atoms with Crippen molar-refractivity contribution in [1.29, 1.82) is 0 Å². The van der Waals surface area contributed by atoms with Crippen molar-refractivity contribution < 1.29 is 9.53 Å². The highest BCUT2D eigenvalue weighted by atomic mass is 16.5. The molecule has 1 saturated carbocycles. The zero-order chi connectivity index (χ0) is 15.5. The Bertz CT molecular complexity index is 490. The highest BCUT2D eigenvalue weighted by Gasteiger charge is 2.21. The zero-order valence-electron chi connectivity index (χ0n) is 13.4. The van der Waals surface area contributed by atoms with E-state index in [0.29, 0.717) is 6.04 Å². The molecule has 4 nitrogen and oxygen atoms in total. The predicted molar refractivity (Wildman–Crippen MR) is 84.3 cm³/mol. The van der Waals surface area contributed by atoms with Crippen molar-refractivity contribution in [2.45, 2.75) is 64.8 Å². The maximum absolute atomic E-state index is 12.0. The van der Waals surface area contributed by atoms with Gasteiger partial charge in [0.15, 0.2) is 6.10 Å². The summed E-state index contributed by atoms with van der Waals surface area (Å²) in [4.78, 5) is 12.0. The van der Waals surface area contributed by atoms with Crippen LogP contribution in [0.1, 0.15) is 46.1 Å². The molecule has 1 unspecified atom stereocenters. The molecule has 0 spiro atoms. The Hall–Kier alpha value is -1.55. The molecule has 116 valence electrons. The topological polar surface area (TPSA) is 50.4 Å². The highest BCUT2D eigenvalue weighted by Crippen LogP contribution is 2.20. The van der Waals surface area contributed by atoms with E-state index in [2.05, 4.69) is 16.7 Å². The van der Waals surface area contributed by atoms with Gasteiger partial charge in [-0.2, -0.15) is 0 Å². The average molecular weight is 290 g/mol. The van der Waals surface area contributed by atoms with Crippen molar-refractivity contribution in [2.75, 3.05) is 0 Å². The second-order valence-electron chi connectivity index (χ2n) is 6.80. The molecule has 0 aromatic heterocycles. The first-order valence-electron chi connectivity index (χ1n) is 7.64. The van der Waals surface area contributed by atoms with Gasteiger partial charge >= 0.3 is 0 Å². The number of carbonyl (C=O) groups excluding carboxylic acids is 1. The number of rotatable bonds is 6. The molecule has 0 heterocycles. The summed E-state index contributed by atoms with van der Waals surface area (Å²) in [7, 11) is 0. The van der Waals surface area contributed by atoms with Crippen LogP contribution in [-0.4, -0.2) is 23.6 Å². The molecule has 0 saturated heterocycles. The molecule has 0 radical (unpaired) electrons. The first-order valence-corrected chi connectivity index (χ1v) is 7.64. The third kappa shape index (κ3) is 5.76. The molecule has 0 aliphatic heterocycles. The molecule has 4 heteroatoms. The van der Waals surface area contributed by atoms with E-state index >= 15 is 0 Å². The van der Waals surface area contributed by atoms with E-state index < -0.39 is 6.10 Å². The minimum Gasteiger partial charge on any atom is -0.481 e. The summed E-state index contributed by atoms with van der Waals surface area (Å²) < 4.78 is 5.75. The maximum Gasteiger partial charge on any atom is 0.261 e. The number of hydrogen-bond acceptors (Lipinski definition) is 3. The van der Waals surface area contributed by atoms with Gasteiger partial charge in [-0.1, -0.05) is 12.1 Å². The van der Waals surface area contributed by atoms with Gasteiger partial charge in [-0.15, -0.1) is 0 Å². The van der Waals surface area contributed by atoms with Gasteiger partial charge in [-0.25, -0.2) is 0 Å². The molecule has 1 aliphatic carbocycles. The van der Waals surface area contributed by atoms with Gasteiger partial charge in [0, 0.05) is 18.1 Å².